The summed E-state index contributed by atoms with van der Waals surface area (Å²) in [5, 5.41) is 6.34. The summed E-state index contributed by atoms with van der Waals surface area (Å²) in [6, 6.07) is 6.75. The van der Waals surface area contributed by atoms with Crippen molar-refractivity contribution >= 4 is 23.4 Å². The van der Waals surface area contributed by atoms with Gasteiger partial charge in [0.2, 0.25) is 0 Å². The third-order valence-corrected chi connectivity index (χ3v) is 5.20. The number of ether oxygens (including phenoxy) is 1. The van der Waals surface area contributed by atoms with Crippen molar-refractivity contribution < 1.29 is 32.3 Å². The largest absolute Gasteiger partial charge is 0.416 e. The first-order valence-electron chi connectivity index (χ1n) is 10.1. The van der Waals surface area contributed by atoms with E-state index in [0.29, 0.717) is 13.0 Å². The number of anilines is 1. The molecule has 1 aromatic heterocycles. The lowest BCUT2D eigenvalue weighted by atomic mass is 10.0. The van der Waals surface area contributed by atoms with E-state index in [9.17, 15) is 27.6 Å². The average molecular weight is 473 g/mol. The molecule has 1 aliphatic heterocycles. The molecular formula is C22H18F3N5O4. The van der Waals surface area contributed by atoms with E-state index in [1.807, 2.05) is 0 Å². The fourth-order valence-electron chi connectivity index (χ4n) is 3.54. The van der Waals surface area contributed by atoms with Crippen LogP contribution in [0.15, 0.2) is 49.1 Å². The molecule has 1 N–H and O–H groups in total. The number of rotatable bonds is 7. The number of carbonyl (C=O) groups is 3. The first-order chi connectivity index (χ1) is 16.2. The molecule has 0 saturated heterocycles. The van der Waals surface area contributed by atoms with Crippen LogP contribution in [-0.2, 0) is 10.9 Å². The number of nitrogens with zero attached hydrogens (tertiary/aromatic N) is 4. The van der Waals surface area contributed by atoms with E-state index in [-0.39, 0.29) is 34.6 Å². The van der Waals surface area contributed by atoms with Gasteiger partial charge in [-0.05, 0) is 42.8 Å². The molecule has 0 bridgehead atoms. The van der Waals surface area contributed by atoms with Gasteiger partial charge in [-0.3, -0.25) is 19.3 Å². The molecule has 0 radical (unpaired) electrons. The molecule has 0 unspecified atom stereocenters. The Morgan fingerprint density at radius 1 is 1.09 bits per heavy atom. The molecule has 3 aromatic rings. The van der Waals surface area contributed by atoms with Gasteiger partial charge in [-0.2, -0.15) is 18.3 Å². The summed E-state index contributed by atoms with van der Waals surface area (Å²) < 4.78 is 45.9. The first-order valence-corrected chi connectivity index (χ1v) is 10.1. The predicted molar refractivity (Wildman–Crippen MR) is 113 cm³/mol. The minimum Gasteiger partial charge on any atom is -0.385 e. The number of carbonyl (C=O) groups excluding carboxylic acids is 3. The monoisotopic (exact) mass is 473 g/mol. The number of fused-ring (bicyclic) bond motifs is 1. The van der Waals surface area contributed by atoms with Crippen LogP contribution in [-0.4, -0.2) is 57.6 Å². The van der Waals surface area contributed by atoms with Crippen molar-refractivity contribution in [3.63, 3.8) is 0 Å². The van der Waals surface area contributed by atoms with Crippen LogP contribution in [0.2, 0.25) is 0 Å². The summed E-state index contributed by atoms with van der Waals surface area (Å²) in [5.41, 5.74) is -0.754. The van der Waals surface area contributed by atoms with Crippen LogP contribution in [0.4, 0.5) is 18.9 Å². The highest BCUT2D eigenvalue weighted by molar-refractivity contribution is 6.22. The molecule has 0 fully saturated rings. The molecule has 9 nitrogen and oxygen atoms in total. The van der Waals surface area contributed by atoms with Crippen molar-refractivity contribution in [2.45, 2.75) is 12.6 Å². The number of hydrogen-bond acceptors (Lipinski definition) is 6. The van der Waals surface area contributed by atoms with E-state index >= 15 is 0 Å². The predicted octanol–water partition coefficient (Wildman–Crippen LogP) is 3.17. The van der Waals surface area contributed by atoms with Crippen LogP contribution in [0, 0.1) is 0 Å². The topological polar surface area (TPSA) is 106 Å². The molecule has 3 amide bonds. The van der Waals surface area contributed by atoms with E-state index < -0.39 is 29.5 Å². The third-order valence-electron chi connectivity index (χ3n) is 5.20. The lowest BCUT2D eigenvalue weighted by Crippen LogP contribution is -2.31. The summed E-state index contributed by atoms with van der Waals surface area (Å²) in [4.78, 5) is 43.0. The Hall–Kier alpha value is -4.06. The van der Waals surface area contributed by atoms with Crippen molar-refractivity contribution in [2.75, 3.05) is 25.6 Å². The Morgan fingerprint density at radius 2 is 1.85 bits per heavy atom. The SMILES string of the molecule is COCCCN1C(=O)c2ccc(C(=O)Nc3cc(C(F)(F)F)ccc3-n3cncn3)cc2C1=O. The van der Waals surface area contributed by atoms with Crippen LogP contribution in [0.5, 0.6) is 0 Å². The molecule has 176 valence electrons. The molecule has 0 atom stereocenters. The van der Waals surface area contributed by atoms with Gasteiger partial charge < -0.3 is 10.1 Å². The fourth-order valence-corrected chi connectivity index (χ4v) is 3.54. The third kappa shape index (κ3) is 4.39. The van der Waals surface area contributed by atoms with Gasteiger partial charge in [0.15, 0.2) is 0 Å². The summed E-state index contributed by atoms with van der Waals surface area (Å²) in [7, 11) is 1.51. The number of methoxy groups -OCH3 is 1. The summed E-state index contributed by atoms with van der Waals surface area (Å²) >= 11 is 0. The number of amides is 3. The molecule has 1 aliphatic rings. The maximum absolute atomic E-state index is 13.3. The number of hydrogen-bond donors (Lipinski definition) is 1. The van der Waals surface area contributed by atoms with E-state index in [1.165, 1.54) is 42.6 Å². The highest BCUT2D eigenvalue weighted by Crippen LogP contribution is 2.33. The summed E-state index contributed by atoms with van der Waals surface area (Å²) in [6.07, 6.45) is -1.70. The van der Waals surface area contributed by atoms with E-state index in [4.69, 9.17) is 4.74 Å². The highest BCUT2D eigenvalue weighted by atomic mass is 19.4. The van der Waals surface area contributed by atoms with Gasteiger partial charge >= 0.3 is 6.18 Å². The standard InChI is InChI=1S/C22H18F3N5O4/c1-34-8-2-7-29-20(32)15-5-3-13(9-16(15)21(29)33)19(31)28-17-10-14(22(23,24)25)4-6-18(17)30-12-26-11-27-30/h3-6,9-12H,2,7-8H2,1H3,(H,28,31). The Kier molecular flexibility index (Phi) is 6.16. The maximum Gasteiger partial charge on any atom is 0.416 e. The number of aromatic nitrogens is 3. The van der Waals surface area contributed by atoms with Gasteiger partial charge in [-0.15, -0.1) is 0 Å². The Balaban J connectivity index is 1.62. The fraction of sp³-hybridized carbons (Fsp3) is 0.227. The zero-order valence-electron chi connectivity index (χ0n) is 17.8. The quantitative estimate of drug-likeness (QED) is 0.417. The van der Waals surface area contributed by atoms with Crippen LogP contribution >= 0.6 is 0 Å². The van der Waals surface area contributed by atoms with Crippen molar-refractivity contribution in [3.05, 3.63) is 71.3 Å². The number of alkyl halides is 3. The Morgan fingerprint density at radius 3 is 2.53 bits per heavy atom. The minimum absolute atomic E-state index is 0.000550. The Bertz CT molecular complexity index is 1260. The van der Waals surface area contributed by atoms with Gasteiger partial charge in [0.1, 0.15) is 12.7 Å². The van der Waals surface area contributed by atoms with E-state index in [2.05, 4.69) is 15.4 Å². The summed E-state index contributed by atoms with van der Waals surface area (Å²) in [5.74, 6) is -1.79. The van der Waals surface area contributed by atoms with Gasteiger partial charge in [0.25, 0.3) is 17.7 Å². The van der Waals surface area contributed by atoms with Gasteiger partial charge in [0, 0.05) is 25.8 Å². The van der Waals surface area contributed by atoms with Crippen molar-refractivity contribution in [2.24, 2.45) is 0 Å². The molecule has 34 heavy (non-hydrogen) atoms. The van der Waals surface area contributed by atoms with Crippen LogP contribution in [0.3, 0.4) is 0 Å². The van der Waals surface area contributed by atoms with E-state index in [1.54, 1.807) is 0 Å². The van der Waals surface area contributed by atoms with Gasteiger partial charge in [0.05, 0.1) is 28.1 Å². The maximum atomic E-state index is 13.3. The molecule has 0 saturated carbocycles. The number of imide groups is 1. The van der Waals surface area contributed by atoms with Crippen molar-refractivity contribution in [1.82, 2.24) is 19.7 Å². The number of benzene rings is 2. The zero-order chi connectivity index (χ0) is 24.5. The van der Waals surface area contributed by atoms with Gasteiger partial charge in [-0.25, -0.2) is 9.67 Å². The second-order valence-electron chi connectivity index (χ2n) is 7.39. The molecule has 0 aliphatic carbocycles. The van der Waals surface area contributed by atoms with Crippen molar-refractivity contribution in [3.8, 4) is 5.69 Å². The highest BCUT2D eigenvalue weighted by Gasteiger charge is 2.36. The van der Waals surface area contributed by atoms with Crippen molar-refractivity contribution in [1.29, 1.82) is 0 Å². The smallest absolute Gasteiger partial charge is 0.385 e. The number of nitrogens with one attached hydrogen (secondary N) is 1. The molecule has 2 heterocycles. The zero-order valence-corrected chi connectivity index (χ0v) is 17.8. The Labute approximate surface area is 191 Å². The van der Waals surface area contributed by atoms with E-state index in [0.717, 1.165) is 23.1 Å². The summed E-state index contributed by atoms with van der Waals surface area (Å²) in [6.45, 7) is 0.527. The van der Waals surface area contributed by atoms with Crippen LogP contribution in [0.1, 0.15) is 43.1 Å². The normalized spacial score (nSPS) is 13.4. The minimum atomic E-state index is -4.63. The number of halogens is 3. The lowest BCUT2D eigenvalue weighted by Gasteiger charge is -2.14. The first kappa shape index (κ1) is 23.1. The van der Waals surface area contributed by atoms with Gasteiger partial charge in [-0.1, -0.05) is 0 Å². The molecular weight excluding hydrogens is 455 g/mol. The van der Waals surface area contributed by atoms with Crippen LogP contribution in [0.25, 0.3) is 5.69 Å². The molecule has 2 aromatic carbocycles. The average Bonchev–Trinajstić information content (AvgIpc) is 3.42. The second-order valence-corrected chi connectivity index (χ2v) is 7.39. The van der Waals surface area contributed by atoms with Crippen LogP contribution < -0.4 is 5.32 Å². The molecule has 12 heteroatoms. The second kappa shape index (κ2) is 9.06. The molecule has 4 rings (SSSR count). The lowest BCUT2D eigenvalue weighted by molar-refractivity contribution is -0.137. The molecule has 0 spiro atoms.